The topological polar surface area (TPSA) is 118 Å². The number of piperidine rings is 1. The fourth-order valence-electron chi connectivity index (χ4n) is 5.13. The molecule has 2 fully saturated rings. The van der Waals surface area contributed by atoms with Crippen LogP contribution in [0.25, 0.3) is 6.08 Å². The standard InChI is InChI=1S/C22H33N5O4/c1-21(2)11-17(12-22(3,4)25-21)26-10-9-16(14-26)27(20(29)30)18-7-5-15(13-23-18)6-8-19(28)24-31/h5-8,13,16-17,25,31H,9-12,14H2,1-4H3,(H,24,28)(H,29,30)/b8-6+/t16-/m1/s1. The molecule has 0 aromatic carbocycles. The van der Waals surface area contributed by atoms with Gasteiger partial charge >= 0.3 is 6.09 Å². The van der Waals surface area contributed by atoms with Crippen molar-refractivity contribution in [3.05, 3.63) is 30.0 Å². The monoisotopic (exact) mass is 431 g/mol. The fraction of sp³-hybridized carbons (Fsp3) is 0.591. The molecule has 1 atom stereocenters. The lowest BCUT2D eigenvalue weighted by atomic mass is 9.79. The van der Waals surface area contributed by atoms with Crippen LogP contribution in [0.1, 0.15) is 52.5 Å². The van der Waals surface area contributed by atoms with Crippen molar-refractivity contribution < 1.29 is 19.9 Å². The van der Waals surface area contributed by atoms with Gasteiger partial charge in [0, 0.05) is 42.5 Å². The molecule has 1 aromatic rings. The average Bonchev–Trinajstić information content (AvgIpc) is 3.14. The molecule has 170 valence electrons. The molecule has 0 aliphatic carbocycles. The summed E-state index contributed by atoms with van der Waals surface area (Å²) in [4.78, 5) is 31.3. The fourth-order valence-corrected chi connectivity index (χ4v) is 5.13. The Kier molecular flexibility index (Phi) is 6.68. The van der Waals surface area contributed by atoms with E-state index in [2.05, 4.69) is 42.9 Å². The van der Waals surface area contributed by atoms with Crippen LogP contribution in [0.2, 0.25) is 0 Å². The van der Waals surface area contributed by atoms with Gasteiger partial charge in [0.2, 0.25) is 0 Å². The van der Waals surface area contributed by atoms with E-state index in [1.807, 2.05) is 0 Å². The molecule has 0 spiro atoms. The zero-order valence-electron chi connectivity index (χ0n) is 18.6. The van der Waals surface area contributed by atoms with Crippen molar-refractivity contribution in [2.45, 2.75) is 70.1 Å². The van der Waals surface area contributed by atoms with E-state index >= 15 is 0 Å². The van der Waals surface area contributed by atoms with Gasteiger partial charge in [-0.15, -0.1) is 0 Å². The number of amides is 2. The second-order valence-corrected chi connectivity index (χ2v) is 9.80. The summed E-state index contributed by atoms with van der Waals surface area (Å²) in [6.45, 7) is 10.4. The number of likely N-dealkylation sites (tertiary alicyclic amines) is 1. The van der Waals surface area contributed by atoms with Gasteiger partial charge in [-0.3, -0.25) is 19.8 Å². The van der Waals surface area contributed by atoms with E-state index in [4.69, 9.17) is 5.21 Å². The summed E-state index contributed by atoms with van der Waals surface area (Å²) in [7, 11) is 0. The minimum Gasteiger partial charge on any atom is -0.465 e. The summed E-state index contributed by atoms with van der Waals surface area (Å²) in [5.41, 5.74) is 2.22. The third kappa shape index (κ3) is 5.81. The Bertz CT molecular complexity index is 821. The molecule has 4 N–H and O–H groups in total. The van der Waals surface area contributed by atoms with Crippen LogP contribution in [0, 0.1) is 0 Å². The van der Waals surface area contributed by atoms with Crippen LogP contribution in [0.5, 0.6) is 0 Å². The zero-order chi connectivity index (χ0) is 22.8. The van der Waals surface area contributed by atoms with Gasteiger partial charge in [0.15, 0.2) is 0 Å². The predicted octanol–water partition coefficient (Wildman–Crippen LogP) is 2.47. The lowest BCUT2D eigenvalue weighted by Gasteiger charge is -2.49. The molecule has 3 rings (SSSR count). The minimum absolute atomic E-state index is 0.0365. The van der Waals surface area contributed by atoms with Gasteiger partial charge in [0.25, 0.3) is 5.91 Å². The maximum absolute atomic E-state index is 12.1. The number of hydroxylamine groups is 1. The van der Waals surface area contributed by atoms with Crippen molar-refractivity contribution in [2.24, 2.45) is 0 Å². The van der Waals surface area contributed by atoms with Crippen LogP contribution < -0.4 is 15.7 Å². The van der Waals surface area contributed by atoms with Crippen molar-refractivity contribution in [3.8, 4) is 0 Å². The van der Waals surface area contributed by atoms with E-state index in [-0.39, 0.29) is 17.1 Å². The summed E-state index contributed by atoms with van der Waals surface area (Å²) in [5.74, 6) is -0.277. The van der Waals surface area contributed by atoms with Gasteiger partial charge < -0.3 is 10.4 Å². The van der Waals surface area contributed by atoms with Gasteiger partial charge in [0.1, 0.15) is 5.82 Å². The summed E-state index contributed by atoms with van der Waals surface area (Å²) in [6.07, 6.45) is 5.96. The van der Waals surface area contributed by atoms with Gasteiger partial charge in [-0.1, -0.05) is 0 Å². The predicted molar refractivity (Wildman–Crippen MR) is 118 cm³/mol. The Morgan fingerprint density at radius 1 is 1.26 bits per heavy atom. The highest BCUT2D eigenvalue weighted by Gasteiger charge is 2.43. The number of nitrogens with zero attached hydrogens (tertiary/aromatic N) is 3. The first kappa shape index (κ1) is 23.2. The highest BCUT2D eigenvalue weighted by atomic mass is 16.5. The number of aromatic nitrogens is 1. The van der Waals surface area contributed by atoms with Crippen molar-refractivity contribution in [1.82, 2.24) is 20.7 Å². The largest absolute Gasteiger partial charge is 0.465 e. The normalized spacial score (nSPS) is 23.7. The number of hydrogen-bond donors (Lipinski definition) is 4. The highest BCUT2D eigenvalue weighted by molar-refractivity contribution is 5.91. The second-order valence-electron chi connectivity index (χ2n) is 9.80. The van der Waals surface area contributed by atoms with E-state index in [9.17, 15) is 14.7 Å². The van der Waals surface area contributed by atoms with Crippen molar-refractivity contribution in [1.29, 1.82) is 0 Å². The number of carbonyl (C=O) groups is 2. The molecule has 2 saturated heterocycles. The molecule has 2 aliphatic heterocycles. The van der Waals surface area contributed by atoms with Crippen LogP contribution in [-0.2, 0) is 4.79 Å². The van der Waals surface area contributed by atoms with Gasteiger partial charge in [-0.2, -0.15) is 0 Å². The van der Waals surface area contributed by atoms with Gasteiger partial charge in [-0.25, -0.2) is 15.3 Å². The van der Waals surface area contributed by atoms with Crippen molar-refractivity contribution in [2.75, 3.05) is 18.0 Å². The van der Waals surface area contributed by atoms with Gasteiger partial charge in [-0.05, 0) is 70.7 Å². The lowest BCUT2D eigenvalue weighted by molar-refractivity contribution is -0.124. The quantitative estimate of drug-likeness (QED) is 0.321. The Hall–Kier alpha value is -2.49. The van der Waals surface area contributed by atoms with Crippen LogP contribution >= 0.6 is 0 Å². The third-order valence-electron chi connectivity index (χ3n) is 6.01. The first-order chi connectivity index (χ1) is 14.5. The number of carboxylic acid groups (broad SMARTS) is 1. The number of pyridine rings is 1. The number of carbonyl (C=O) groups excluding carboxylic acids is 1. The molecule has 2 aliphatic rings. The van der Waals surface area contributed by atoms with Crippen LogP contribution in [0.15, 0.2) is 24.4 Å². The Morgan fingerprint density at radius 2 is 1.94 bits per heavy atom. The van der Waals surface area contributed by atoms with E-state index < -0.39 is 12.0 Å². The summed E-state index contributed by atoms with van der Waals surface area (Å²) >= 11 is 0. The van der Waals surface area contributed by atoms with E-state index in [1.54, 1.807) is 12.1 Å². The highest BCUT2D eigenvalue weighted by Crippen LogP contribution is 2.34. The van der Waals surface area contributed by atoms with Crippen LogP contribution in [0.4, 0.5) is 10.6 Å². The number of anilines is 1. The first-order valence-corrected chi connectivity index (χ1v) is 10.6. The SMILES string of the molecule is CC1(C)CC(N2CC[C@@H](N(C(=O)O)c3ccc(/C=C/C(=O)NO)cn3)C2)CC(C)(C)N1. The zero-order valence-corrected chi connectivity index (χ0v) is 18.6. The molecular formula is C22H33N5O4. The van der Waals surface area contributed by atoms with Crippen LogP contribution in [0.3, 0.4) is 0 Å². The van der Waals surface area contributed by atoms with E-state index in [0.717, 1.165) is 25.8 Å². The van der Waals surface area contributed by atoms with E-state index in [0.29, 0.717) is 24.0 Å². The smallest absolute Gasteiger partial charge is 0.413 e. The molecule has 9 heteroatoms. The lowest BCUT2D eigenvalue weighted by Crippen LogP contribution is -2.62. The van der Waals surface area contributed by atoms with Gasteiger partial charge in [0.05, 0.1) is 6.04 Å². The van der Waals surface area contributed by atoms with Crippen LogP contribution in [-0.4, -0.2) is 68.4 Å². The maximum Gasteiger partial charge on any atom is 0.413 e. The Morgan fingerprint density at radius 3 is 2.48 bits per heavy atom. The maximum atomic E-state index is 12.1. The second kappa shape index (κ2) is 8.94. The first-order valence-electron chi connectivity index (χ1n) is 10.6. The minimum atomic E-state index is -1.02. The molecule has 2 amide bonds. The Balaban J connectivity index is 1.71. The molecule has 31 heavy (non-hydrogen) atoms. The summed E-state index contributed by atoms with van der Waals surface area (Å²) in [5, 5.41) is 22.1. The molecule has 1 aromatic heterocycles. The molecule has 0 bridgehead atoms. The molecular weight excluding hydrogens is 398 g/mol. The number of nitrogens with one attached hydrogen (secondary N) is 2. The molecule has 3 heterocycles. The average molecular weight is 432 g/mol. The molecule has 9 nitrogen and oxygen atoms in total. The summed E-state index contributed by atoms with van der Waals surface area (Å²) in [6, 6.07) is 3.59. The van der Waals surface area contributed by atoms with E-state index in [1.165, 1.54) is 28.7 Å². The Labute approximate surface area is 183 Å². The molecule has 0 radical (unpaired) electrons. The third-order valence-corrected chi connectivity index (χ3v) is 6.01. The van der Waals surface area contributed by atoms with Crippen molar-refractivity contribution >= 4 is 23.9 Å². The number of rotatable bonds is 5. The molecule has 0 saturated carbocycles. The van der Waals surface area contributed by atoms with Crippen molar-refractivity contribution in [3.63, 3.8) is 0 Å². The molecule has 0 unspecified atom stereocenters. The number of hydrogen-bond acceptors (Lipinski definition) is 6. The summed E-state index contributed by atoms with van der Waals surface area (Å²) < 4.78 is 0.